The summed E-state index contributed by atoms with van der Waals surface area (Å²) in [5, 5.41) is 0. The molecular weight excluding hydrogens is 220 g/mol. The first kappa shape index (κ1) is 15.7. The summed E-state index contributed by atoms with van der Waals surface area (Å²) in [5.74, 6) is 3.15. The zero-order valence-electron chi connectivity index (χ0n) is 12.9. The average molecular weight is 252 g/mol. The average Bonchev–Trinajstić information content (AvgIpc) is 2.29. The van der Waals surface area contributed by atoms with Crippen LogP contribution in [0.15, 0.2) is 0 Å². The van der Waals surface area contributed by atoms with Crippen molar-refractivity contribution in [2.24, 2.45) is 23.7 Å². The molecule has 1 aliphatic rings. The zero-order valence-corrected chi connectivity index (χ0v) is 12.9. The van der Waals surface area contributed by atoms with Gasteiger partial charge in [0.2, 0.25) is 0 Å². The second kappa shape index (κ2) is 7.96. The molecule has 1 atom stereocenters. The Morgan fingerprint density at radius 3 is 2.22 bits per heavy atom. The molecule has 1 heteroatoms. The predicted molar refractivity (Wildman–Crippen MR) is 78.6 cm³/mol. The Labute approximate surface area is 114 Å². The highest BCUT2D eigenvalue weighted by atomic mass is 16.1. The second-order valence-corrected chi connectivity index (χ2v) is 6.91. The van der Waals surface area contributed by atoms with E-state index >= 15 is 0 Å². The van der Waals surface area contributed by atoms with E-state index in [-0.39, 0.29) is 0 Å². The fourth-order valence-corrected chi connectivity index (χ4v) is 3.58. The summed E-state index contributed by atoms with van der Waals surface area (Å²) in [6, 6.07) is 0. The van der Waals surface area contributed by atoms with Crippen LogP contribution in [0.1, 0.15) is 79.1 Å². The van der Waals surface area contributed by atoms with E-state index in [0.717, 1.165) is 25.2 Å². The van der Waals surface area contributed by atoms with Crippen LogP contribution >= 0.6 is 0 Å². The summed E-state index contributed by atoms with van der Waals surface area (Å²) in [6.07, 6.45) is 9.60. The quantitative estimate of drug-likeness (QED) is 0.606. The summed E-state index contributed by atoms with van der Waals surface area (Å²) < 4.78 is 0. The Morgan fingerprint density at radius 2 is 1.72 bits per heavy atom. The Hall–Kier alpha value is -0.330. The lowest BCUT2D eigenvalue weighted by Gasteiger charge is -2.28. The zero-order chi connectivity index (χ0) is 13.5. The van der Waals surface area contributed by atoms with Crippen LogP contribution in [-0.2, 0) is 4.79 Å². The first-order chi connectivity index (χ1) is 8.52. The molecule has 0 aromatic carbocycles. The Bertz CT molecular complexity index is 236. The van der Waals surface area contributed by atoms with Gasteiger partial charge in [0.1, 0.15) is 5.78 Å². The molecule has 0 heterocycles. The number of Topliss-reactive ketones (excluding diaryl/α,β-unsaturated/α-hetero) is 1. The summed E-state index contributed by atoms with van der Waals surface area (Å²) in [7, 11) is 0. The highest BCUT2D eigenvalue weighted by Gasteiger charge is 2.26. The minimum Gasteiger partial charge on any atom is -0.299 e. The topological polar surface area (TPSA) is 17.1 Å². The van der Waals surface area contributed by atoms with Crippen LogP contribution in [0.5, 0.6) is 0 Å². The standard InChI is InChI=1S/C17H32O/c1-5-6-15-7-9-16(10-8-15)17(18)12-14(4)11-13(2)3/h13-16H,5-12H2,1-4H3. The van der Waals surface area contributed by atoms with Crippen LogP contribution in [0.4, 0.5) is 0 Å². The van der Waals surface area contributed by atoms with Gasteiger partial charge in [-0.1, -0.05) is 40.5 Å². The molecule has 18 heavy (non-hydrogen) atoms. The van der Waals surface area contributed by atoms with Crippen LogP contribution in [0.3, 0.4) is 0 Å². The fraction of sp³-hybridized carbons (Fsp3) is 0.941. The molecule has 0 aromatic rings. The van der Waals surface area contributed by atoms with Gasteiger partial charge in [-0.25, -0.2) is 0 Å². The van der Waals surface area contributed by atoms with E-state index in [1.807, 2.05) is 0 Å². The molecule has 1 rings (SSSR count). The van der Waals surface area contributed by atoms with E-state index in [1.165, 1.54) is 32.1 Å². The van der Waals surface area contributed by atoms with Crippen molar-refractivity contribution in [3.63, 3.8) is 0 Å². The molecule has 0 radical (unpaired) electrons. The van der Waals surface area contributed by atoms with Crippen molar-refractivity contribution in [3.8, 4) is 0 Å². The van der Waals surface area contributed by atoms with Gasteiger partial charge in [0, 0.05) is 12.3 Å². The summed E-state index contributed by atoms with van der Waals surface area (Å²) in [5.41, 5.74) is 0. The molecule has 0 aliphatic heterocycles. The maximum atomic E-state index is 12.3. The highest BCUT2D eigenvalue weighted by molar-refractivity contribution is 5.81. The van der Waals surface area contributed by atoms with Crippen molar-refractivity contribution in [3.05, 3.63) is 0 Å². The number of hydrogen-bond donors (Lipinski definition) is 0. The van der Waals surface area contributed by atoms with Crippen LogP contribution in [0.25, 0.3) is 0 Å². The fourth-order valence-electron chi connectivity index (χ4n) is 3.58. The molecule has 1 fully saturated rings. The molecule has 0 amide bonds. The predicted octanol–water partition coefficient (Wildman–Crippen LogP) is 5.23. The number of hydrogen-bond acceptors (Lipinski definition) is 1. The number of rotatable bonds is 7. The minimum atomic E-state index is 0.396. The highest BCUT2D eigenvalue weighted by Crippen LogP contribution is 2.33. The van der Waals surface area contributed by atoms with E-state index in [9.17, 15) is 4.79 Å². The van der Waals surface area contributed by atoms with Crippen molar-refractivity contribution in [2.45, 2.75) is 79.1 Å². The first-order valence-electron chi connectivity index (χ1n) is 8.05. The molecule has 0 spiro atoms. The van der Waals surface area contributed by atoms with Gasteiger partial charge >= 0.3 is 0 Å². The molecule has 1 saturated carbocycles. The molecule has 0 aromatic heterocycles. The van der Waals surface area contributed by atoms with E-state index < -0.39 is 0 Å². The maximum absolute atomic E-state index is 12.3. The van der Waals surface area contributed by atoms with Gasteiger partial charge < -0.3 is 0 Å². The van der Waals surface area contributed by atoms with Crippen molar-refractivity contribution in [1.82, 2.24) is 0 Å². The van der Waals surface area contributed by atoms with Crippen LogP contribution in [-0.4, -0.2) is 5.78 Å². The third-order valence-electron chi connectivity index (χ3n) is 4.42. The summed E-state index contributed by atoms with van der Waals surface area (Å²) in [4.78, 5) is 12.3. The van der Waals surface area contributed by atoms with E-state index in [4.69, 9.17) is 0 Å². The van der Waals surface area contributed by atoms with Crippen LogP contribution in [0.2, 0.25) is 0 Å². The largest absolute Gasteiger partial charge is 0.299 e. The summed E-state index contributed by atoms with van der Waals surface area (Å²) in [6.45, 7) is 9.00. The third-order valence-corrected chi connectivity index (χ3v) is 4.42. The molecule has 1 unspecified atom stereocenters. The smallest absolute Gasteiger partial charge is 0.136 e. The van der Waals surface area contributed by atoms with Gasteiger partial charge in [0.15, 0.2) is 0 Å². The molecular formula is C17H32O. The molecule has 106 valence electrons. The molecule has 1 aliphatic carbocycles. The Morgan fingerprint density at radius 1 is 1.11 bits per heavy atom. The van der Waals surface area contributed by atoms with E-state index in [1.54, 1.807) is 0 Å². The van der Waals surface area contributed by atoms with Gasteiger partial charge in [0.25, 0.3) is 0 Å². The SMILES string of the molecule is CCCC1CCC(C(=O)CC(C)CC(C)C)CC1. The van der Waals surface area contributed by atoms with Crippen molar-refractivity contribution in [2.75, 3.05) is 0 Å². The second-order valence-electron chi connectivity index (χ2n) is 6.91. The number of ketones is 1. The van der Waals surface area contributed by atoms with Gasteiger partial charge in [0.05, 0.1) is 0 Å². The Balaban J connectivity index is 2.27. The summed E-state index contributed by atoms with van der Waals surface area (Å²) >= 11 is 0. The molecule has 0 saturated heterocycles. The van der Waals surface area contributed by atoms with Crippen LogP contribution in [0, 0.1) is 23.7 Å². The number of carbonyl (C=O) groups is 1. The normalized spacial score (nSPS) is 26.3. The van der Waals surface area contributed by atoms with Gasteiger partial charge in [-0.15, -0.1) is 0 Å². The van der Waals surface area contributed by atoms with Gasteiger partial charge in [-0.05, 0) is 49.9 Å². The monoisotopic (exact) mass is 252 g/mol. The molecule has 1 nitrogen and oxygen atoms in total. The third kappa shape index (κ3) is 5.54. The van der Waals surface area contributed by atoms with Crippen molar-refractivity contribution >= 4 is 5.78 Å². The number of carbonyl (C=O) groups excluding carboxylic acids is 1. The van der Waals surface area contributed by atoms with Gasteiger partial charge in [-0.2, -0.15) is 0 Å². The Kier molecular flexibility index (Phi) is 6.96. The van der Waals surface area contributed by atoms with Crippen molar-refractivity contribution in [1.29, 1.82) is 0 Å². The lowest BCUT2D eigenvalue weighted by Crippen LogP contribution is -2.23. The van der Waals surface area contributed by atoms with Gasteiger partial charge in [-0.3, -0.25) is 4.79 Å². The van der Waals surface area contributed by atoms with Crippen LogP contribution < -0.4 is 0 Å². The van der Waals surface area contributed by atoms with E-state index in [0.29, 0.717) is 23.5 Å². The first-order valence-corrected chi connectivity index (χ1v) is 8.05. The molecule has 0 bridgehead atoms. The van der Waals surface area contributed by atoms with E-state index in [2.05, 4.69) is 27.7 Å². The van der Waals surface area contributed by atoms with Crippen molar-refractivity contribution < 1.29 is 4.79 Å². The maximum Gasteiger partial charge on any atom is 0.136 e. The molecule has 0 N–H and O–H groups in total. The lowest BCUT2D eigenvalue weighted by molar-refractivity contribution is -0.125. The minimum absolute atomic E-state index is 0.396. The lowest BCUT2D eigenvalue weighted by atomic mass is 9.76.